The molecule has 0 spiro atoms. The summed E-state index contributed by atoms with van der Waals surface area (Å²) in [5.74, 6) is 3.34. The van der Waals surface area contributed by atoms with Crippen molar-refractivity contribution in [1.29, 1.82) is 0 Å². The second kappa shape index (κ2) is 16.7. The molecule has 1 heterocycles. The molecule has 46 heavy (non-hydrogen) atoms. The van der Waals surface area contributed by atoms with Gasteiger partial charge in [0.1, 0.15) is 31.7 Å². The van der Waals surface area contributed by atoms with Gasteiger partial charge in [-0.25, -0.2) is 0 Å². The highest BCUT2D eigenvalue weighted by Gasteiger charge is 2.18. The highest BCUT2D eigenvalue weighted by atomic mass is 16.5. The molecule has 10 nitrogen and oxygen atoms in total. The number of rotatable bonds is 19. The molecule has 0 saturated carbocycles. The van der Waals surface area contributed by atoms with E-state index in [0.29, 0.717) is 68.1 Å². The summed E-state index contributed by atoms with van der Waals surface area (Å²) in [6.07, 6.45) is -1.49. The summed E-state index contributed by atoms with van der Waals surface area (Å²) < 4.78 is 28.7. The fourth-order valence-corrected chi connectivity index (χ4v) is 5.41. The number of nitrogens with one attached hydrogen (secondary N) is 2. The van der Waals surface area contributed by atoms with Gasteiger partial charge in [0.15, 0.2) is 23.0 Å². The Morgan fingerprint density at radius 2 is 1.24 bits per heavy atom. The molecule has 0 bridgehead atoms. The number of nitrogens with zero attached hydrogens (tertiary/aromatic N) is 1. The van der Waals surface area contributed by atoms with Crippen LogP contribution in [0.4, 0.5) is 0 Å². The highest BCUT2D eigenvalue weighted by Crippen LogP contribution is 2.33. The topological polar surface area (TPSA) is 118 Å². The molecular formula is C36H43N3O7. The summed E-state index contributed by atoms with van der Waals surface area (Å²) in [7, 11) is 3.21. The van der Waals surface area contributed by atoms with Crippen molar-refractivity contribution in [2.24, 2.45) is 0 Å². The predicted molar refractivity (Wildman–Crippen MR) is 180 cm³/mol. The third kappa shape index (κ3) is 8.82. The summed E-state index contributed by atoms with van der Waals surface area (Å²) >= 11 is 0. The lowest BCUT2D eigenvalue weighted by molar-refractivity contribution is 0.0403. The number of fused-ring (bicyclic) bond motifs is 3. The minimum atomic E-state index is -0.805. The van der Waals surface area contributed by atoms with Gasteiger partial charge in [0.05, 0.1) is 25.8 Å². The van der Waals surface area contributed by atoms with Crippen LogP contribution in [-0.2, 0) is 0 Å². The highest BCUT2D eigenvalue weighted by molar-refractivity contribution is 6.10. The molecule has 4 aromatic carbocycles. The normalized spacial score (nSPS) is 12.7. The number of para-hydroxylation sites is 5. The van der Waals surface area contributed by atoms with Crippen LogP contribution in [-0.4, -0.2) is 99.1 Å². The standard InChI is InChI=1S/C36H43N3O7/c1-42-31-13-5-7-15-33(31)44-20-18-37-22-26(40)23-39(19-21-45-34-16-8-6-14-32(34)43-2)24-27(41)25-46-35-17-9-12-30-36(35)28-10-3-4-11-29(28)38-30/h3-17,26-27,37-38,40-41H,18-25H2,1-2H3/t26-,27+/m0/s1. The predicted octanol–water partition coefficient (Wildman–Crippen LogP) is 4.49. The van der Waals surface area contributed by atoms with Gasteiger partial charge in [0.25, 0.3) is 0 Å². The van der Waals surface area contributed by atoms with Crippen molar-refractivity contribution in [1.82, 2.24) is 15.2 Å². The van der Waals surface area contributed by atoms with Gasteiger partial charge in [-0.2, -0.15) is 0 Å². The van der Waals surface area contributed by atoms with E-state index in [-0.39, 0.29) is 13.2 Å². The number of ether oxygens (including phenoxy) is 5. The lowest BCUT2D eigenvalue weighted by Crippen LogP contribution is -2.44. The molecule has 2 atom stereocenters. The quantitative estimate of drug-likeness (QED) is 0.0981. The van der Waals surface area contributed by atoms with Gasteiger partial charge in [-0.1, -0.05) is 48.5 Å². The molecule has 0 aliphatic rings. The first kappa shape index (κ1) is 32.9. The molecule has 0 aliphatic carbocycles. The molecule has 1 aromatic heterocycles. The monoisotopic (exact) mass is 629 g/mol. The number of aromatic nitrogens is 1. The number of methoxy groups -OCH3 is 2. The van der Waals surface area contributed by atoms with Crippen LogP contribution < -0.4 is 29.0 Å². The number of H-pyrrole nitrogens is 1. The van der Waals surface area contributed by atoms with Crippen LogP contribution in [0.2, 0.25) is 0 Å². The molecule has 0 unspecified atom stereocenters. The lowest BCUT2D eigenvalue weighted by atomic mass is 10.1. The summed E-state index contributed by atoms with van der Waals surface area (Å²) in [4.78, 5) is 5.40. The van der Waals surface area contributed by atoms with Gasteiger partial charge in [0.2, 0.25) is 0 Å². The van der Waals surface area contributed by atoms with Crippen LogP contribution in [0.25, 0.3) is 21.8 Å². The van der Waals surface area contributed by atoms with E-state index in [2.05, 4.69) is 16.4 Å². The lowest BCUT2D eigenvalue weighted by Gasteiger charge is -2.27. The summed E-state index contributed by atoms with van der Waals surface area (Å²) in [5, 5.41) is 27.3. The molecule has 4 N–H and O–H groups in total. The maximum atomic E-state index is 11.1. The molecule has 0 amide bonds. The third-order valence-corrected chi connectivity index (χ3v) is 7.58. The number of aliphatic hydroxyl groups is 2. The zero-order valence-corrected chi connectivity index (χ0v) is 26.4. The summed E-state index contributed by atoms with van der Waals surface area (Å²) in [5.41, 5.74) is 2.01. The van der Waals surface area contributed by atoms with E-state index in [9.17, 15) is 10.2 Å². The number of aliphatic hydroxyl groups excluding tert-OH is 2. The van der Waals surface area contributed by atoms with E-state index in [1.165, 1.54) is 0 Å². The Kier molecular flexibility index (Phi) is 12.0. The number of hydrogen-bond donors (Lipinski definition) is 4. The van der Waals surface area contributed by atoms with Crippen LogP contribution in [0.3, 0.4) is 0 Å². The molecule has 0 fully saturated rings. The van der Waals surface area contributed by atoms with Crippen LogP contribution in [0.5, 0.6) is 28.7 Å². The number of hydrogen-bond acceptors (Lipinski definition) is 9. The molecule has 10 heteroatoms. The van der Waals surface area contributed by atoms with Gasteiger partial charge < -0.3 is 44.2 Å². The Hall–Kier alpha value is -4.48. The van der Waals surface area contributed by atoms with Crippen molar-refractivity contribution in [3.63, 3.8) is 0 Å². The first-order valence-corrected chi connectivity index (χ1v) is 15.5. The van der Waals surface area contributed by atoms with Gasteiger partial charge in [-0.15, -0.1) is 0 Å². The van der Waals surface area contributed by atoms with E-state index in [1.807, 2.05) is 89.8 Å². The SMILES string of the molecule is COc1ccccc1OCCNC[C@H](O)CN(CCOc1ccccc1OC)C[C@@H](O)COc1cccc2[nH]c3ccccc3c12. The van der Waals surface area contributed by atoms with Crippen molar-refractivity contribution >= 4 is 21.8 Å². The van der Waals surface area contributed by atoms with E-state index < -0.39 is 12.2 Å². The summed E-state index contributed by atoms with van der Waals surface area (Å²) in [6, 6.07) is 28.9. The largest absolute Gasteiger partial charge is 0.493 e. The van der Waals surface area contributed by atoms with E-state index in [1.54, 1.807) is 14.2 Å². The van der Waals surface area contributed by atoms with Crippen LogP contribution in [0, 0.1) is 0 Å². The van der Waals surface area contributed by atoms with Gasteiger partial charge >= 0.3 is 0 Å². The molecule has 5 rings (SSSR count). The Balaban J connectivity index is 1.15. The number of benzene rings is 4. The van der Waals surface area contributed by atoms with Gasteiger partial charge in [-0.3, -0.25) is 4.90 Å². The number of aromatic amines is 1. The van der Waals surface area contributed by atoms with E-state index >= 15 is 0 Å². The molecule has 0 radical (unpaired) electrons. The second-order valence-electron chi connectivity index (χ2n) is 10.9. The minimum absolute atomic E-state index is 0.0944. The van der Waals surface area contributed by atoms with Gasteiger partial charge in [0, 0.05) is 49.0 Å². The molecule has 0 aliphatic heterocycles. The van der Waals surface area contributed by atoms with Gasteiger partial charge in [-0.05, 0) is 42.5 Å². The summed E-state index contributed by atoms with van der Waals surface area (Å²) in [6.45, 7) is 2.84. The molecule has 5 aromatic rings. The van der Waals surface area contributed by atoms with Crippen LogP contribution in [0.1, 0.15) is 0 Å². The van der Waals surface area contributed by atoms with E-state index in [4.69, 9.17) is 23.7 Å². The zero-order valence-electron chi connectivity index (χ0n) is 26.4. The second-order valence-corrected chi connectivity index (χ2v) is 10.9. The van der Waals surface area contributed by atoms with Crippen LogP contribution in [0.15, 0.2) is 91.0 Å². The minimum Gasteiger partial charge on any atom is -0.493 e. The maximum Gasteiger partial charge on any atom is 0.161 e. The molecule has 0 saturated heterocycles. The fraction of sp³-hybridized carbons (Fsp3) is 0.333. The first-order valence-electron chi connectivity index (χ1n) is 15.5. The Morgan fingerprint density at radius 1 is 0.652 bits per heavy atom. The fourth-order valence-electron chi connectivity index (χ4n) is 5.41. The first-order chi connectivity index (χ1) is 22.6. The average Bonchev–Trinajstić information content (AvgIpc) is 3.47. The van der Waals surface area contributed by atoms with Crippen molar-refractivity contribution in [3.8, 4) is 28.7 Å². The third-order valence-electron chi connectivity index (χ3n) is 7.58. The Bertz CT molecular complexity index is 1660. The average molecular weight is 630 g/mol. The van der Waals surface area contributed by atoms with Crippen molar-refractivity contribution in [2.75, 3.05) is 66.8 Å². The molecule has 244 valence electrons. The van der Waals surface area contributed by atoms with Crippen molar-refractivity contribution in [3.05, 3.63) is 91.0 Å². The zero-order chi connectivity index (χ0) is 32.1. The maximum absolute atomic E-state index is 11.1. The molecular weight excluding hydrogens is 586 g/mol. The Morgan fingerprint density at radius 3 is 1.96 bits per heavy atom. The Labute approximate surface area is 269 Å². The van der Waals surface area contributed by atoms with Crippen LogP contribution >= 0.6 is 0 Å². The smallest absolute Gasteiger partial charge is 0.161 e. The van der Waals surface area contributed by atoms with E-state index in [0.717, 1.165) is 21.8 Å². The van der Waals surface area contributed by atoms with Crippen molar-refractivity contribution < 1.29 is 33.9 Å². The van der Waals surface area contributed by atoms with Crippen molar-refractivity contribution in [2.45, 2.75) is 12.2 Å².